The van der Waals surface area contributed by atoms with Crippen molar-refractivity contribution >= 4 is 5.69 Å². The summed E-state index contributed by atoms with van der Waals surface area (Å²) in [6.45, 7) is 0. The van der Waals surface area contributed by atoms with Crippen LogP contribution < -0.4 is 5.73 Å². The highest BCUT2D eigenvalue weighted by atomic mass is 19.3. The third-order valence-corrected chi connectivity index (χ3v) is 1.19. The Kier molecular flexibility index (Phi) is 2.16. The number of alkyl halides is 2. The Labute approximate surface area is 65.0 Å². The highest BCUT2D eigenvalue weighted by molar-refractivity contribution is 5.39. The molecule has 0 saturated carbocycles. The minimum Gasteiger partial charge on any atom is -0.396 e. The molecule has 0 unspecified atom stereocenters. The van der Waals surface area contributed by atoms with E-state index in [-0.39, 0.29) is 0 Å². The van der Waals surface area contributed by atoms with Gasteiger partial charge in [-0.3, -0.25) is 0 Å². The van der Waals surface area contributed by atoms with Crippen LogP contribution in [0.5, 0.6) is 0 Å². The number of anilines is 1. The number of nitrogens with two attached hydrogens (primary N) is 1. The fourth-order valence-electron chi connectivity index (χ4n) is 0.648. The molecular weight excluding hydrogens is 176 g/mol. The van der Waals surface area contributed by atoms with Crippen LogP contribution in [0.3, 0.4) is 0 Å². The molecule has 0 aliphatic rings. The molecule has 2 nitrogen and oxygen atoms in total. The molecule has 66 valence electrons. The largest absolute Gasteiger partial charge is 0.396 e. The Balaban J connectivity index is 3.21. The minimum absolute atomic E-state index is 0.600. The van der Waals surface area contributed by atoms with Crippen molar-refractivity contribution in [3.05, 3.63) is 23.5 Å². The lowest BCUT2D eigenvalue weighted by Crippen LogP contribution is -2.01. The van der Waals surface area contributed by atoms with Gasteiger partial charge in [-0.2, -0.15) is 8.78 Å². The molecule has 0 spiro atoms. The Morgan fingerprint density at radius 3 is 2.33 bits per heavy atom. The molecule has 0 fully saturated rings. The number of aromatic nitrogens is 1. The maximum Gasteiger partial charge on any atom is 0.280 e. The summed E-state index contributed by atoms with van der Waals surface area (Å²) < 4.78 is 48.4. The van der Waals surface area contributed by atoms with Crippen molar-refractivity contribution in [3.63, 3.8) is 0 Å². The molecule has 0 aromatic carbocycles. The maximum absolute atomic E-state index is 12.4. The third kappa shape index (κ3) is 1.46. The van der Waals surface area contributed by atoms with E-state index in [4.69, 9.17) is 5.73 Å². The van der Waals surface area contributed by atoms with Crippen molar-refractivity contribution in [2.24, 2.45) is 0 Å². The monoisotopic (exact) mass is 180 g/mol. The average molecular weight is 180 g/mol. The number of nitrogens with zero attached hydrogens (tertiary/aromatic N) is 1. The molecule has 0 radical (unpaired) electrons. The predicted octanol–water partition coefficient (Wildman–Crippen LogP) is 1.88. The topological polar surface area (TPSA) is 38.9 Å². The second kappa shape index (κ2) is 2.96. The van der Waals surface area contributed by atoms with Crippen LogP contribution in [-0.4, -0.2) is 4.98 Å². The summed E-state index contributed by atoms with van der Waals surface area (Å²) in [4.78, 5) is 2.66. The standard InChI is InChI=1S/C6H4F4N2/c7-4-2(11)1-3(5(8)9)12-6(4)10/h1,5H,(H2,11,12). The predicted molar refractivity (Wildman–Crippen MR) is 33.5 cm³/mol. The molecule has 1 aromatic heterocycles. The lowest BCUT2D eigenvalue weighted by atomic mass is 10.3. The Morgan fingerprint density at radius 1 is 1.33 bits per heavy atom. The molecule has 0 bridgehead atoms. The van der Waals surface area contributed by atoms with Gasteiger partial charge in [-0.1, -0.05) is 0 Å². The van der Waals surface area contributed by atoms with Crippen molar-refractivity contribution in [1.82, 2.24) is 4.98 Å². The van der Waals surface area contributed by atoms with E-state index < -0.39 is 29.6 Å². The molecule has 0 amide bonds. The van der Waals surface area contributed by atoms with E-state index >= 15 is 0 Å². The maximum atomic E-state index is 12.4. The van der Waals surface area contributed by atoms with Crippen LogP contribution in [0.25, 0.3) is 0 Å². The average Bonchev–Trinajstić information content (AvgIpc) is 1.99. The van der Waals surface area contributed by atoms with E-state index in [0.717, 1.165) is 0 Å². The van der Waals surface area contributed by atoms with Gasteiger partial charge in [0.05, 0.1) is 5.69 Å². The Hall–Kier alpha value is -1.33. The van der Waals surface area contributed by atoms with Crippen molar-refractivity contribution in [1.29, 1.82) is 0 Å². The van der Waals surface area contributed by atoms with Crippen LogP contribution in [0.4, 0.5) is 23.2 Å². The van der Waals surface area contributed by atoms with Crippen LogP contribution in [0.1, 0.15) is 12.1 Å². The van der Waals surface area contributed by atoms with Gasteiger partial charge in [-0.15, -0.1) is 0 Å². The number of rotatable bonds is 1. The second-order valence-electron chi connectivity index (χ2n) is 2.04. The molecule has 0 atom stereocenters. The summed E-state index contributed by atoms with van der Waals surface area (Å²) in [7, 11) is 0. The number of nitrogen functional groups attached to an aromatic ring is 1. The van der Waals surface area contributed by atoms with Gasteiger partial charge in [0, 0.05) is 0 Å². The van der Waals surface area contributed by atoms with Crippen molar-refractivity contribution in [2.45, 2.75) is 6.43 Å². The van der Waals surface area contributed by atoms with Crippen molar-refractivity contribution in [3.8, 4) is 0 Å². The summed E-state index contributed by atoms with van der Waals surface area (Å²) in [5.41, 5.74) is 3.33. The fraction of sp³-hybridized carbons (Fsp3) is 0.167. The van der Waals surface area contributed by atoms with Gasteiger partial charge in [0.25, 0.3) is 12.4 Å². The lowest BCUT2D eigenvalue weighted by Gasteiger charge is -2.01. The molecule has 1 heterocycles. The number of hydrogen-bond donors (Lipinski definition) is 1. The van der Waals surface area contributed by atoms with Gasteiger partial charge in [-0.05, 0) is 6.07 Å². The van der Waals surface area contributed by atoms with E-state index in [1.807, 2.05) is 0 Å². The van der Waals surface area contributed by atoms with E-state index in [1.54, 1.807) is 0 Å². The molecule has 2 N–H and O–H groups in total. The summed E-state index contributed by atoms with van der Waals surface area (Å²) in [5.74, 6) is -3.01. The minimum atomic E-state index is -2.96. The van der Waals surface area contributed by atoms with Crippen LogP contribution in [0.15, 0.2) is 6.07 Å². The van der Waals surface area contributed by atoms with Gasteiger partial charge in [0.1, 0.15) is 5.69 Å². The molecule has 0 aliphatic heterocycles. The number of hydrogen-bond acceptors (Lipinski definition) is 2. The van der Waals surface area contributed by atoms with E-state index in [9.17, 15) is 17.6 Å². The number of pyridine rings is 1. The van der Waals surface area contributed by atoms with Crippen LogP contribution >= 0.6 is 0 Å². The quantitative estimate of drug-likeness (QED) is 0.529. The van der Waals surface area contributed by atoms with Gasteiger partial charge in [-0.25, -0.2) is 13.8 Å². The van der Waals surface area contributed by atoms with E-state index in [1.165, 1.54) is 0 Å². The van der Waals surface area contributed by atoms with Gasteiger partial charge in [0.2, 0.25) is 5.82 Å². The smallest absolute Gasteiger partial charge is 0.280 e. The molecular formula is C6H4F4N2. The van der Waals surface area contributed by atoms with Gasteiger partial charge >= 0.3 is 0 Å². The zero-order valence-electron chi connectivity index (χ0n) is 5.69. The molecule has 0 saturated heterocycles. The zero-order valence-corrected chi connectivity index (χ0v) is 5.69. The van der Waals surface area contributed by atoms with E-state index in [0.29, 0.717) is 6.07 Å². The number of halogens is 4. The van der Waals surface area contributed by atoms with Crippen LogP contribution in [-0.2, 0) is 0 Å². The van der Waals surface area contributed by atoms with Crippen molar-refractivity contribution < 1.29 is 17.6 Å². The molecule has 6 heteroatoms. The first-order chi connectivity index (χ1) is 5.52. The molecule has 12 heavy (non-hydrogen) atoms. The summed E-state index contributed by atoms with van der Waals surface area (Å²) in [6, 6.07) is 0.600. The highest BCUT2D eigenvalue weighted by Gasteiger charge is 2.15. The fourth-order valence-corrected chi connectivity index (χ4v) is 0.648. The summed E-state index contributed by atoms with van der Waals surface area (Å²) >= 11 is 0. The third-order valence-electron chi connectivity index (χ3n) is 1.19. The van der Waals surface area contributed by atoms with Crippen LogP contribution in [0, 0.1) is 11.8 Å². The van der Waals surface area contributed by atoms with Crippen molar-refractivity contribution in [2.75, 3.05) is 5.73 Å². The van der Waals surface area contributed by atoms with E-state index in [2.05, 4.69) is 4.98 Å². The zero-order chi connectivity index (χ0) is 9.30. The molecule has 0 aliphatic carbocycles. The first-order valence-electron chi connectivity index (χ1n) is 2.92. The first-order valence-corrected chi connectivity index (χ1v) is 2.92. The molecule has 1 rings (SSSR count). The lowest BCUT2D eigenvalue weighted by molar-refractivity contribution is 0.144. The first kappa shape index (κ1) is 8.76. The van der Waals surface area contributed by atoms with Crippen LogP contribution in [0.2, 0.25) is 0 Å². The second-order valence-corrected chi connectivity index (χ2v) is 2.04. The Bertz CT molecular complexity index is 277. The normalized spacial score (nSPS) is 10.8. The summed E-state index contributed by atoms with van der Waals surface area (Å²) in [5, 5.41) is 0. The highest BCUT2D eigenvalue weighted by Crippen LogP contribution is 2.21. The van der Waals surface area contributed by atoms with Gasteiger partial charge < -0.3 is 5.73 Å². The SMILES string of the molecule is Nc1cc(C(F)F)nc(F)c1F. The summed E-state index contributed by atoms with van der Waals surface area (Å²) in [6.07, 6.45) is -2.96. The van der Waals surface area contributed by atoms with Gasteiger partial charge in [0.15, 0.2) is 0 Å². The Morgan fingerprint density at radius 2 is 1.92 bits per heavy atom. The molecule has 1 aromatic rings.